The van der Waals surface area contributed by atoms with E-state index in [1.54, 1.807) is 47.2 Å². The van der Waals surface area contributed by atoms with Crippen molar-refractivity contribution in [2.75, 3.05) is 14.2 Å². The van der Waals surface area contributed by atoms with E-state index in [4.69, 9.17) is 0 Å². The molecule has 2 rings (SSSR count). The number of hydrogen-bond donors (Lipinski definition) is 0. The van der Waals surface area contributed by atoms with E-state index in [0.717, 1.165) is 0 Å². The molecule has 0 N–H and O–H groups in total. The van der Waals surface area contributed by atoms with Gasteiger partial charge in [0.25, 0.3) is 0 Å². The molecule has 1 aromatic carbocycles. The van der Waals surface area contributed by atoms with Gasteiger partial charge in [0.1, 0.15) is 0 Å². The molecule has 24 heavy (non-hydrogen) atoms. The molecule has 1 heterocycles. The number of aryl methyl sites for hydroxylation is 1. The molecule has 6 nitrogen and oxygen atoms in total. The summed E-state index contributed by atoms with van der Waals surface area (Å²) in [6.45, 7) is 0.315. The second kappa shape index (κ2) is 8.10. The Hall–Kier alpha value is -2.89. The van der Waals surface area contributed by atoms with Gasteiger partial charge < -0.3 is 14.0 Å². The molecule has 0 bridgehead atoms. The van der Waals surface area contributed by atoms with Gasteiger partial charge in [-0.2, -0.15) is 0 Å². The second-order valence-corrected chi connectivity index (χ2v) is 5.17. The molecule has 0 unspecified atom stereocenters. The van der Waals surface area contributed by atoms with Gasteiger partial charge in [0, 0.05) is 18.3 Å². The molecule has 0 aliphatic carbocycles. The Labute approximate surface area is 140 Å². The molecule has 0 spiro atoms. The molecule has 0 saturated carbocycles. The second-order valence-electron chi connectivity index (χ2n) is 5.17. The van der Waals surface area contributed by atoms with Crippen LogP contribution in [0.25, 0.3) is 0 Å². The maximum Gasteiger partial charge on any atom is 0.320 e. The van der Waals surface area contributed by atoms with E-state index in [9.17, 15) is 14.4 Å². The highest BCUT2D eigenvalue weighted by atomic mass is 16.5. The van der Waals surface area contributed by atoms with Gasteiger partial charge in [-0.25, -0.2) is 0 Å². The summed E-state index contributed by atoms with van der Waals surface area (Å²) in [5.41, 5.74) is 1.07. The van der Waals surface area contributed by atoms with Crippen molar-refractivity contribution in [3.05, 3.63) is 59.9 Å². The number of aromatic nitrogens is 1. The van der Waals surface area contributed by atoms with E-state index in [2.05, 4.69) is 9.47 Å². The monoisotopic (exact) mass is 329 g/mol. The predicted molar refractivity (Wildman–Crippen MR) is 86.4 cm³/mol. The van der Waals surface area contributed by atoms with Crippen molar-refractivity contribution in [2.45, 2.75) is 13.0 Å². The molecule has 0 aliphatic rings. The van der Waals surface area contributed by atoms with Crippen LogP contribution in [0.4, 0.5) is 0 Å². The van der Waals surface area contributed by atoms with Crippen molar-refractivity contribution in [2.24, 2.45) is 5.92 Å². The number of methoxy groups -OCH3 is 2. The molecule has 1 aromatic heterocycles. The van der Waals surface area contributed by atoms with Gasteiger partial charge in [0.05, 0.1) is 19.9 Å². The molecule has 0 saturated heterocycles. The van der Waals surface area contributed by atoms with E-state index >= 15 is 0 Å². The summed E-state index contributed by atoms with van der Waals surface area (Å²) in [6, 6.07) is 12.4. The predicted octanol–water partition coefficient (Wildman–Crippen LogP) is 2.07. The maximum atomic E-state index is 12.5. The zero-order valence-corrected chi connectivity index (χ0v) is 13.6. The molecule has 0 radical (unpaired) electrons. The number of nitrogens with zero attached hydrogens (tertiary/aromatic N) is 1. The number of benzene rings is 1. The average Bonchev–Trinajstić information content (AvgIpc) is 3.09. The lowest BCUT2D eigenvalue weighted by Gasteiger charge is -2.14. The van der Waals surface area contributed by atoms with Crippen molar-refractivity contribution in [1.29, 1.82) is 0 Å². The first kappa shape index (κ1) is 17.5. The number of carbonyl (C=O) groups is 3. The van der Waals surface area contributed by atoms with Gasteiger partial charge in [-0.3, -0.25) is 14.4 Å². The van der Waals surface area contributed by atoms with Crippen LogP contribution in [0.5, 0.6) is 0 Å². The third-order valence-electron chi connectivity index (χ3n) is 3.73. The minimum absolute atomic E-state index is 0.117. The minimum Gasteiger partial charge on any atom is -0.468 e. The fourth-order valence-electron chi connectivity index (χ4n) is 2.44. The van der Waals surface area contributed by atoms with Crippen LogP contribution >= 0.6 is 0 Å². The molecule has 0 aliphatic heterocycles. The highest BCUT2D eigenvalue weighted by Crippen LogP contribution is 2.15. The molecular formula is C18H19NO5. The number of esters is 2. The fraction of sp³-hybridized carbons (Fsp3) is 0.278. The normalized spacial score (nSPS) is 10.5. The van der Waals surface area contributed by atoms with Gasteiger partial charge >= 0.3 is 11.9 Å². The van der Waals surface area contributed by atoms with Crippen molar-refractivity contribution >= 4 is 17.7 Å². The molecule has 2 aromatic rings. The van der Waals surface area contributed by atoms with Crippen LogP contribution in [-0.4, -0.2) is 36.5 Å². The smallest absolute Gasteiger partial charge is 0.320 e. The van der Waals surface area contributed by atoms with E-state index in [0.29, 0.717) is 17.8 Å². The Morgan fingerprint density at radius 1 is 0.958 bits per heavy atom. The van der Waals surface area contributed by atoms with Crippen LogP contribution in [0.3, 0.4) is 0 Å². The van der Waals surface area contributed by atoms with E-state index in [-0.39, 0.29) is 12.2 Å². The van der Waals surface area contributed by atoms with Gasteiger partial charge in [0.15, 0.2) is 5.92 Å². The molecule has 0 fully saturated rings. The Balaban J connectivity index is 2.14. The number of ketones is 1. The number of hydrogen-bond acceptors (Lipinski definition) is 5. The van der Waals surface area contributed by atoms with Crippen LogP contribution in [0, 0.1) is 5.92 Å². The van der Waals surface area contributed by atoms with Gasteiger partial charge in [0.2, 0.25) is 5.78 Å². The Morgan fingerprint density at radius 2 is 1.58 bits per heavy atom. The van der Waals surface area contributed by atoms with Gasteiger partial charge in [-0.05, 0) is 18.6 Å². The Bertz CT molecular complexity index is 704. The molecule has 126 valence electrons. The highest BCUT2D eigenvalue weighted by Gasteiger charge is 2.28. The minimum atomic E-state index is -1.01. The first-order valence-corrected chi connectivity index (χ1v) is 7.49. The summed E-state index contributed by atoms with van der Waals surface area (Å²) in [6.07, 6.45) is 1.92. The van der Waals surface area contributed by atoms with E-state index < -0.39 is 17.9 Å². The lowest BCUT2D eigenvalue weighted by atomic mass is 10.1. The summed E-state index contributed by atoms with van der Waals surface area (Å²) < 4.78 is 11.0. The lowest BCUT2D eigenvalue weighted by molar-refractivity contribution is -0.159. The van der Waals surface area contributed by atoms with Crippen LogP contribution in [-0.2, 0) is 25.6 Å². The summed E-state index contributed by atoms with van der Waals surface area (Å²) in [7, 11) is 2.44. The van der Waals surface area contributed by atoms with Crippen LogP contribution < -0.4 is 0 Å². The van der Waals surface area contributed by atoms with Crippen LogP contribution in [0.2, 0.25) is 0 Å². The fourth-order valence-corrected chi connectivity index (χ4v) is 2.44. The summed E-state index contributed by atoms with van der Waals surface area (Å²) in [5, 5.41) is 0. The van der Waals surface area contributed by atoms with Crippen molar-refractivity contribution in [3.63, 3.8) is 0 Å². The third kappa shape index (κ3) is 3.90. The number of ether oxygens (including phenoxy) is 2. The topological polar surface area (TPSA) is 74.6 Å². The van der Waals surface area contributed by atoms with Crippen LogP contribution in [0.1, 0.15) is 22.5 Å². The third-order valence-corrected chi connectivity index (χ3v) is 3.73. The Kier molecular flexibility index (Phi) is 5.89. The zero-order chi connectivity index (χ0) is 17.5. The van der Waals surface area contributed by atoms with Crippen molar-refractivity contribution in [1.82, 2.24) is 4.57 Å². The van der Waals surface area contributed by atoms with E-state index in [1.807, 2.05) is 6.07 Å². The first-order valence-electron chi connectivity index (χ1n) is 7.49. The van der Waals surface area contributed by atoms with Gasteiger partial charge in [-0.15, -0.1) is 0 Å². The largest absolute Gasteiger partial charge is 0.468 e. The molecule has 0 amide bonds. The Morgan fingerprint density at radius 3 is 2.17 bits per heavy atom. The molecule has 6 heteroatoms. The summed E-state index contributed by atoms with van der Waals surface area (Å²) in [5.74, 6) is -2.43. The number of carbonyl (C=O) groups excluding carboxylic acids is 3. The maximum absolute atomic E-state index is 12.5. The quantitative estimate of drug-likeness (QED) is 0.442. The van der Waals surface area contributed by atoms with E-state index in [1.165, 1.54) is 14.2 Å². The first-order chi connectivity index (χ1) is 11.6. The molecule has 0 atom stereocenters. The SMILES string of the molecule is COC(=O)C(CCn1cccc1C(=O)c1ccccc1)C(=O)OC. The molecular weight excluding hydrogens is 310 g/mol. The van der Waals surface area contributed by atoms with Crippen molar-refractivity contribution in [3.8, 4) is 0 Å². The lowest BCUT2D eigenvalue weighted by Crippen LogP contribution is -2.28. The zero-order valence-electron chi connectivity index (χ0n) is 13.6. The van der Waals surface area contributed by atoms with Crippen molar-refractivity contribution < 1.29 is 23.9 Å². The van der Waals surface area contributed by atoms with Gasteiger partial charge in [-0.1, -0.05) is 30.3 Å². The van der Waals surface area contributed by atoms with Crippen LogP contribution in [0.15, 0.2) is 48.7 Å². The summed E-state index contributed by atoms with van der Waals surface area (Å²) >= 11 is 0. The summed E-state index contributed by atoms with van der Waals surface area (Å²) in [4.78, 5) is 36.0. The standard InChI is InChI=1S/C18H19NO5/c1-23-17(21)14(18(22)24-2)10-12-19-11-6-9-15(19)16(20)13-7-4-3-5-8-13/h3-9,11,14H,10,12H2,1-2H3. The number of rotatable bonds is 7. The average molecular weight is 329 g/mol. The highest BCUT2D eigenvalue weighted by molar-refractivity contribution is 6.08.